The molecule has 0 aromatic rings. The van der Waals surface area contributed by atoms with Crippen molar-refractivity contribution in [1.82, 2.24) is 0 Å². The molecule has 0 aliphatic carbocycles. The van der Waals surface area contributed by atoms with Crippen LogP contribution >= 0.6 is 0 Å². The summed E-state index contributed by atoms with van der Waals surface area (Å²) < 4.78 is 25.3. The predicted octanol–water partition coefficient (Wildman–Crippen LogP) is -2.67. The van der Waals surface area contributed by atoms with Crippen LogP contribution in [-0.4, -0.2) is 67.1 Å². The van der Waals surface area contributed by atoms with Crippen LogP contribution in [0.15, 0.2) is 0 Å². The number of rotatable bonds is 12. The fourth-order valence-corrected chi connectivity index (χ4v) is 0.826. The van der Waals surface area contributed by atoms with Gasteiger partial charge in [-0.25, -0.2) is 0 Å². The molecule has 0 radical (unpaired) electrons. The van der Waals surface area contributed by atoms with Gasteiger partial charge in [-0.1, -0.05) is 0 Å². The molecule has 0 aromatic heterocycles. The van der Waals surface area contributed by atoms with Gasteiger partial charge in [0.2, 0.25) is 0 Å². The van der Waals surface area contributed by atoms with E-state index in [0.29, 0.717) is 52.9 Å². The molecular formula is C10H22LiO5+. The van der Waals surface area contributed by atoms with Crippen molar-refractivity contribution in [1.29, 1.82) is 0 Å². The van der Waals surface area contributed by atoms with Gasteiger partial charge in [-0.15, -0.1) is 0 Å². The van der Waals surface area contributed by atoms with Crippen molar-refractivity contribution in [2.75, 3.05) is 67.1 Å². The van der Waals surface area contributed by atoms with Gasteiger partial charge in [0, 0.05) is 14.2 Å². The molecule has 92 valence electrons. The van der Waals surface area contributed by atoms with Crippen LogP contribution in [0.25, 0.3) is 0 Å². The van der Waals surface area contributed by atoms with Crippen LogP contribution < -0.4 is 18.9 Å². The maximum absolute atomic E-state index is 5.26. The molecule has 0 amide bonds. The van der Waals surface area contributed by atoms with E-state index in [2.05, 4.69) is 0 Å². The van der Waals surface area contributed by atoms with Crippen molar-refractivity contribution >= 4 is 0 Å². The van der Waals surface area contributed by atoms with Crippen LogP contribution in [0.4, 0.5) is 0 Å². The standard InChI is InChI=1S/C10H22O5.Li/c1-11-3-5-13-7-9-15-10-8-14-6-4-12-2;/h3-10H2,1-2H3;/q;+1. The first kappa shape index (κ1) is 18.8. The summed E-state index contributed by atoms with van der Waals surface area (Å²) in [5, 5.41) is 0. The van der Waals surface area contributed by atoms with Gasteiger partial charge in [-0.05, 0) is 0 Å². The van der Waals surface area contributed by atoms with Gasteiger partial charge < -0.3 is 23.7 Å². The molecular weight excluding hydrogens is 207 g/mol. The zero-order valence-electron chi connectivity index (χ0n) is 10.7. The van der Waals surface area contributed by atoms with Gasteiger partial charge in [0.25, 0.3) is 0 Å². The Balaban J connectivity index is 0. The molecule has 0 fully saturated rings. The molecule has 0 bridgehead atoms. The molecule has 0 N–H and O–H groups in total. The SMILES string of the molecule is COCCOCCOCCOCCOC.[Li+]. The Labute approximate surface area is 110 Å². The van der Waals surface area contributed by atoms with Crippen molar-refractivity contribution in [3.05, 3.63) is 0 Å². The van der Waals surface area contributed by atoms with E-state index in [-0.39, 0.29) is 18.9 Å². The number of hydrogen-bond acceptors (Lipinski definition) is 5. The maximum atomic E-state index is 5.26. The second kappa shape index (κ2) is 17.8. The Kier molecular flexibility index (Phi) is 20.8. The van der Waals surface area contributed by atoms with Crippen molar-refractivity contribution < 1.29 is 42.5 Å². The van der Waals surface area contributed by atoms with Crippen molar-refractivity contribution in [2.45, 2.75) is 0 Å². The smallest absolute Gasteiger partial charge is 0.382 e. The molecule has 0 aromatic carbocycles. The molecule has 0 spiro atoms. The van der Waals surface area contributed by atoms with Crippen LogP contribution in [0.5, 0.6) is 0 Å². The normalized spacial score (nSPS) is 10.1. The van der Waals surface area contributed by atoms with E-state index in [9.17, 15) is 0 Å². The van der Waals surface area contributed by atoms with E-state index in [1.54, 1.807) is 14.2 Å². The number of hydrogen-bond donors (Lipinski definition) is 0. The number of methoxy groups -OCH3 is 2. The third-order valence-corrected chi connectivity index (χ3v) is 1.61. The Morgan fingerprint density at radius 2 is 0.750 bits per heavy atom. The number of ether oxygens (including phenoxy) is 5. The fourth-order valence-electron chi connectivity index (χ4n) is 0.826. The van der Waals surface area contributed by atoms with Crippen LogP contribution in [0.1, 0.15) is 0 Å². The van der Waals surface area contributed by atoms with Crippen molar-refractivity contribution in [2.24, 2.45) is 0 Å². The second-order valence-corrected chi connectivity index (χ2v) is 2.82. The Bertz CT molecular complexity index is 103. The van der Waals surface area contributed by atoms with Gasteiger partial charge in [0.1, 0.15) is 0 Å². The summed E-state index contributed by atoms with van der Waals surface area (Å²) in [5.41, 5.74) is 0. The third-order valence-electron chi connectivity index (χ3n) is 1.61. The van der Waals surface area contributed by atoms with Gasteiger partial charge in [0.05, 0.1) is 52.9 Å². The van der Waals surface area contributed by atoms with Crippen LogP contribution in [0.3, 0.4) is 0 Å². The predicted molar refractivity (Wildman–Crippen MR) is 56.2 cm³/mol. The zero-order valence-corrected chi connectivity index (χ0v) is 10.7. The summed E-state index contributed by atoms with van der Waals surface area (Å²) in [4.78, 5) is 0. The molecule has 0 saturated carbocycles. The van der Waals surface area contributed by atoms with E-state index in [1.807, 2.05) is 0 Å². The zero-order chi connectivity index (χ0) is 11.2. The van der Waals surface area contributed by atoms with E-state index in [4.69, 9.17) is 23.7 Å². The summed E-state index contributed by atoms with van der Waals surface area (Å²) in [6.45, 7) is 4.87. The first-order valence-electron chi connectivity index (χ1n) is 5.13. The summed E-state index contributed by atoms with van der Waals surface area (Å²) in [6, 6.07) is 0. The summed E-state index contributed by atoms with van der Waals surface area (Å²) >= 11 is 0. The van der Waals surface area contributed by atoms with E-state index >= 15 is 0 Å². The average Bonchev–Trinajstić information content (AvgIpc) is 2.26. The molecule has 0 aliphatic heterocycles. The Morgan fingerprint density at radius 1 is 0.500 bits per heavy atom. The largest absolute Gasteiger partial charge is 1.00 e. The fraction of sp³-hybridized carbons (Fsp3) is 1.00. The quantitative estimate of drug-likeness (QED) is 0.270. The monoisotopic (exact) mass is 229 g/mol. The second-order valence-electron chi connectivity index (χ2n) is 2.82. The molecule has 0 unspecified atom stereocenters. The van der Waals surface area contributed by atoms with E-state index < -0.39 is 0 Å². The molecule has 0 heterocycles. The van der Waals surface area contributed by atoms with Crippen molar-refractivity contribution in [3.8, 4) is 0 Å². The van der Waals surface area contributed by atoms with Crippen LogP contribution in [-0.2, 0) is 23.7 Å². The minimum absolute atomic E-state index is 0. The van der Waals surface area contributed by atoms with Gasteiger partial charge in [0.15, 0.2) is 0 Å². The third kappa shape index (κ3) is 16.8. The molecule has 16 heavy (non-hydrogen) atoms. The van der Waals surface area contributed by atoms with Crippen LogP contribution in [0, 0.1) is 0 Å². The minimum Gasteiger partial charge on any atom is -0.382 e. The summed E-state index contributed by atoms with van der Waals surface area (Å²) in [6.07, 6.45) is 0. The summed E-state index contributed by atoms with van der Waals surface area (Å²) in [5.74, 6) is 0. The molecule has 0 atom stereocenters. The van der Waals surface area contributed by atoms with Gasteiger partial charge in [-0.2, -0.15) is 0 Å². The molecule has 6 heteroatoms. The Hall–Kier alpha value is 0.397. The topological polar surface area (TPSA) is 46.2 Å². The molecule has 0 aliphatic rings. The van der Waals surface area contributed by atoms with Gasteiger partial charge >= 0.3 is 18.9 Å². The maximum Gasteiger partial charge on any atom is 1.00 e. The first-order valence-corrected chi connectivity index (χ1v) is 5.13. The van der Waals surface area contributed by atoms with Gasteiger partial charge in [-0.3, -0.25) is 0 Å². The van der Waals surface area contributed by atoms with Crippen LogP contribution in [0.2, 0.25) is 0 Å². The summed E-state index contributed by atoms with van der Waals surface area (Å²) in [7, 11) is 3.30. The van der Waals surface area contributed by atoms with E-state index in [0.717, 1.165) is 0 Å². The minimum atomic E-state index is 0. The molecule has 5 nitrogen and oxygen atoms in total. The molecule has 0 rings (SSSR count). The van der Waals surface area contributed by atoms with E-state index in [1.165, 1.54) is 0 Å². The first-order chi connectivity index (χ1) is 7.41. The van der Waals surface area contributed by atoms with Crippen molar-refractivity contribution in [3.63, 3.8) is 0 Å². The average molecular weight is 229 g/mol. The molecule has 0 saturated heterocycles. The Morgan fingerprint density at radius 3 is 1.00 bits per heavy atom.